The number of methoxy groups -OCH3 is 1. The van der Waals surface area contributed by atoms with E-state index in [0.717, 1.165) is 29.7 Å². The predicted octanol–water partition coefficient (Wildman–Crippen LogP) is 3.80. The van der Waals surface area contributed by atoms with E-state index in [-0.39, 0.29) is 17.6 Å². The van der Waals surface area contributed by atoms with E-state index in [1.807, 2.05) is 42.5 Å². The van der Waals surface area contributed by atoms with Crippen LogP contribution in [0.5, 0.6) is 5.75 Å². The molecule has 0 radical (unpaired) electrons. The van der Waals surface area contributed by atoms with Crippen LogP contribution in [0.1, 0.15) is 39.5 Å². The summed E-state index contributed by atoms with van der Waals surface area (Å²) in [5.74, 6) is 0.642. The van der Waals surface area contributed by atoms with E-state index in [0.29, 0.717) is 17.6 Å². The summed E-state index contributed by atoms with van der Waals surface area (Å²) in [5.41, 5.74) is 5.23. The number of carbonyl (C=O) groups excluding carboxylic acids is 1. The maximum Gasteiger partial charge on any atom is 0.326 e. The first-order chi connectivity index (χ1) is 15.1. The maximum absolute atomic E-state index is 12.9. The number of benzene rings is 3. The van der Waals surface area contributed by atoms with Crippen LogP contribution < -0.4 is 15.7 Å². The molecule has 1 aromatic heterocycles. The van der Waals surface area contributed by atoms with Gasteiger partial charge in [0.2, 0.25) is 0 Å². The lowest BCUT2D eigenvalue weighted by Gasteiger charge is -2.14. The quantitative estimate of drug-likeness (QED) is 0.523. The Balaban J connectivity index is 1.38. The van der Waals surface area contributed by atoms with E-state index < -0.39 is 0 Å². The van der Waals surface area contributed by atoms with Crippen LogP contribution in [0.25, 0.3) is 11.0 Å². The van der Waals surface area contributed by atoms with E-state index >= 15 is 0 Å². The molecule has 0 bridgehead atoms. The van der Waals surface area contributed by atoms with Gasteiger partial charge in [-0.3, -0.25) is 9.36 Å². The Labute approximate surface area is 179 Å². The monoisotopic (exact) mass is 413 g/mol. The summed E-state index contributed by atoms with van der Waals surface area (Å²) in [4.78, 5) is 28.3. The second-order valence-electron chi connectivity index (χ2n) is 7.86. The molecule has 4 aromatic rings. The van der Waals surface area contributed by atoms with Gasteiger partial charge in [-0.15, -0.1) is 0 Å². The van der Waals surface area contributed by atoms with Crippen molar-refractivity contribution in [2.75, 3.05) is 7.11 Å². The van der Waals surface area contributed by atoms with Gasteiger partial charge in [0.15, 0.2) is 0 Å². The highest BCUT2D eigenvalue weighted by Crippen LogP contribution is 2.31. The molecular weight excluding hydrogens is 390 g/mol. The van der Waals surface area contributed by atoms with Gasteiger partial charge in [-0.25, -0.2) is 4.79 Å². The van der Waals surface area contributed by atoms with Crippen molar-refractivity contribution in [3.05, 3.63) is 99.5 Å². The van der Waals surface area contributed by atoms with Gasteiger partial charge in [-0.2, -0.15) is 0 Å². The minimum atomic E-state index is -0.201. The van der Waals surface area contributed by atoms with Crippen molar-refractivity contribution in [3.8, 4) is 5.75 Å². The highest BCUT2D eigenvalue weighted by molar-refractivity contribution is 5.97. The first-order valence-corrected chi connectivity index (χ1v) is 10.4. The molecule has 0 aliphatic heterocycles. The van der Waals surface area contributed by atoms with Crippen LogP contribution in [0.4, 0.5) is 0 Å². The van der Waals surface area contributed by atoms with Crippen LogP contribution in [-0.2, 0) is 13.0 Å². The standard InChI is InChI=1S/C25H23N3O3/c1-31-19-10-6-16(7-11-19)15-28-23-13-9-18(14-22(23)27-25(28)30)24(29)26-21-12-8-17-4-2-3-5-20(17)21/h2-7,9-11,13-14,21H,8,12,15H2,1H3,(H,26,29)(H,27,30). The molecule has 156 valence electrons. The Morgan fingerprint density at radius 1 is 1.13 bits per heavy atom. The molecule has 5 rings (SSSR count). The maximum atomic E-state index is 12.9. The number of imidazole rings is 1. The lowest BCUT2D eigenvalue weighted by atomic mass is 10.1. The van der Waals surface area contributed by atoms with Crippen LogP contribution in [0.2, 0.25) is 0 Å². The number of H-pyrrole nitrogens is 1. The molecule has 6 nitrogen and oxygen atoms in total. The van der Waals surface area contributed by atoms with Gasteiger partial charge >= 0.3 is 5.69 Å². The molecule has 0 spiro atoms. The van der Waals surface area contributed by atoms with Gasteiger partial charge < -0.3 is 15.0 Å². The summed E-state index contributed by atoms with van der Waals surface area (Å²) in [6, 6.07) is 21.2. The van der Waals surface area contributed by atoms with Gasteiger partial charge in [0.05, 0.1) is 30.7 Å². The van der Waals surface area contributed by atoms with Crippen molar-refractivity contribution >= 4 is 16.9 Å². The zero-order valence-corrected chi connectivity index (χ0v) is 17.2. The van der Waals surface area contributed by atoms with E-state index in [2.05, 4.69) is 22.4 Å². The van der Waals surface area contributed by atoms with Gasteiger partial charge in [0.25, 0.3) is 5.91 Å². The first-order valence-electron chi connectivity index (χ1n) is 10.4. The minimum absolute atomic E-state index is 0.0260. The summed E-state index contributed by atoms with van der Waals surface area (Å²) >= 11 is 0. The molecule has 6 heteroatoms. The van der Waals surface area contributed by atoms with Crippen LogP contribution in [0.3, 0.4) is 0 Å². The van der Waals surface area contributed by atoms with E-state index in [1.54, 1.807) is 23.8 Å². The molecule has 1 amide bonds. The minimum Gasteiger partial charge on any atom is -0.497 e. The van der Waals surface area contributed by atoms with Crippen LogP contribution >= 0.6 is 0 Å². The lowest BCUT2D eigenvalue weighted by molar-refractivity contribution is 0.0937. The smallest absolute Gasteiger partial charge is 0.326 e. The molecule has 1 aliphatic carbocycles. The van der Waals surface area contributed by atoms with Crippen molar-refractivity contribution in [2.24, 2.45) is 0 Å². The number of ether oxygens (including phenoxy) is 1. The third-order valence-electron chi connectivity index (χ3n) is 5.97. The fourth-order valence-electron chi connectivity index (χ4n) is 4.32. The summed E-state index contributed by atoms with van der Waals surface area (Å²) < 4.78 is 6.86. The molecule has 0 saturated heterocycles. The molecule has 1 heterocycles. The number of hydrogen-bond acceptors (Lipinski definition) is 3. The second-order valence-corrected chi connectivity index (χ2v) is 7.86. The first kappa shape index (κ1) is 19.2. The van der Waals surface area contributed by atoms with Crippen LogP contribution in [-0.4, -0.2) is 22.6 Å². The molecule has 2 N–H and O–H groups in total. The van der Waals surface area contributed by atoms with E-state index in [1.165, 1.54) is 11.1 Å². The van der Waals surface area contributed by atoms with Crippen molar-refractivity contribution in [3.63, 3.8) is 0 Å². The molecule has 1 aliphatic rings. The number of carbonyl (C=O) groups is 1. The number of hydrogen-bond donors (Lipinski definition) is 2. The third kappa shape index (κ3) is 3.61. The fourth-order valence-corrected chi connectivity index (χ4v) is 4.32. The van der Waals surface area contributed by atoms with Gasteiger partial charge in [-0.1, -0.05) is 36.4 Å². The predicted molar refractivity (Wildman–Crippen MR) is 120 cm³/mol. The Morgan fingerprint density at radius 2 is 1.94 bits per heavy atom. The molecule has 3 aromatic carbocycles. The molecular formula is C25H23N3O3. The fraction of sp³-hybridized carbons (Fsp3) is 0.200. The second kappa shape index (κ2) is 7.80. The Hall–Kier alpha value is -3.80. The largest absolute Gasteiger partial charge is 0.497 e. The molecule has 1 atom stereocenters. The topological polar surface area (TPSA) is 76.1 Å². The Bertz CT molecular complexity index is 1320. The summed E-state index contributed by atoms with van der Waals surface area (Å²) in [7, 11) is 1.62. The highest BCUT2D eigenvalue weighted by Gasteiger charge is 2.24. The number of aromatic nitrogens is 2. The zero-order chi connectivity index (χ0) is 21.4. The average Bonchev–Trinajstić information content (AvgIpc) is 3.34. The summed E-state index contributed by atoms with van der Waals surface area (Å²) in [6.07, 6.45) is 1.88. The van der Waals surface area contributed by atoms with Gasteiger partial charge in [0, 0.05) is 5.56 Å². The van der Waals surface area contributed by atoms with Gasteiger partial charge in [-0.05, 0) is 59.9 Å². The third-order valence-corrected chi connectivity index (χ3v) is 5.97. The number of aryl methyl sites for hydroxylation is 1. The van der Waals surface area contributed by atoms with E-state index in [9.17, 15) is 9.59 Å². The van der Waals surface area contributed by atoms with Gasteiger partial charge in [0.1, 0.15) is 5.75 Å². The summed E-state index contributed by atoms with van der Waals surface area (Å²) in [5, 5.41) is 3.14. The van der Waals surface area contributed by atoms with Crippen molar-refractivity contribution < 1.29 is 9.53 Å². The molecule has 0 fully saturated rings. The average molecular weight is 413 g/mol. The number of nitrogens with one attached hydrogen (secondary N) is 2. The number of rotatable bonds is 5. The number of aromatic amines is 1. The normalized spacial score (nSPS) is 15.1. The lowest BCUT2D eigenvalue weighted by Crippen LogP contribution is -2.27. The van der Waals surface area contributed by atoms with Crippen LogP contribution in [0, 0.1) is 0 Å². The van der Waals surface area contributed by atoms with E-state index in [4.69, 9.17) is 4.74 Å². The Morgan fingerprint density at radius 3 is 2.74 bits per heavy atom. The highest BCUT2D eigenvalue weighted by atomic mass is 16.5. The molecule has 0 saturated carbocycles. The molecule has 31 heavy (non-hydrogen) atoms. The SMILES string of the molecule is COc1ccc(Cn2c(=O)[nH]c3cc(C(=O)NC4CCc5ccccc54)ccc32)cc1. The summed E-state index contributed by atoms with van der Waals surface area (Å²) in [6.45, 7) is 0.438. The number of nitrogens with zero attached hydrogens (tertiary/aromatic N) is 1. The van der Waals surface area contributed by atoms with Crippen molar-refractivity contribution in [1.82, 2.24) is 14.9 Å². The van der Waals surface area contributed by atoms with Crippen molar-refractivity contribution in [1.29, 1.82) is 0 Å². The van der Waals surface area contributed by atoms with Crippen molar-refractivity contribution in [2.45, 2.75) is 25.4 Å². The molecule has 1 unspecified atom stereocenters. The van der Waals surface area contributed by atoms with Crippen LogP contribution in [0.15, 0.2) is 71.5 Å². The zero-order valence-electron chi connectivity index (χ0n) is 17.2. The Kier molecular flexibility index (Phi) is 4.82. The number of fused-ring (bicyclic) bond motifs is 2. The number of amides is 1.